The van der Waals surface area contributed by atoms with Crippen molar-refractivity contribution in [3.05, 3.63) is 28.9 Å². The van der Waals surface area contributed by atoms with Gasteiger partial charge in [-0.25, -0.2) is 0 Å². The lowest BCUT2D eigenvalue weighted by atomic mass is 10.2. The third-order valence-corrected chi connectivity index (χ3v) is 2.79. The lowest BCUT2D eigenvalue weighted by Crippen LogP contribution is -2.22. The van der Waals surface area contributed by atoms with Crippen molar-refractivity contribution < 1.29 is 0 Å². The van der Waals surface area contributed by atoms with Crippen LogP contribution < -0.4 is 5.73 Å². The van der Waals surface area contributed by atoms with Gasteiger partial charge < -0.3 is 5.73 Å². The minimum absolute atomic E-state index is 0.122. The van der Waals surface area contributed by atoms with Crippen molar-refractivity contribution in [3.63, 3.8) is 0 Å². The van der Waals surface area contributed by atoms with Crippen molar-refractivity contribution in [2.75, 3.05) is 0 Å². The highest BCUT2D eigenvalue weighted by molar-refractivity contribution is 9.10. The minimum atomic E-state index is 0.122. The van der Waals surface area contributed by atoms with Gasteiger partial charge in [-0.2, -0.15) is 5.10 Å². The molecule has 0 fully saturated rings. The highest BCUT2D eigenvalue weighted by Gasteiger charge is 2.05. The molecule has 0 saturated carbocycles. The first-order valence-electron chi connectivity index (χ1n) is 4.54. The van der Waals surface area contributed by atoms with E-state index >= 15 is 0 Å². The summed E-state index contributed by atoms with van der Waals surface area (Å²) < 4.78 is 3.01. The van der Waals surface area contributed by atoms with Gasteiger partial charge in [0.2, 0.25) is 0 Å². The van der Waals surface area contributed by atoms with E-state index in [9.17, 15) is 0 Å². The summed E-state index contributed by atoms with van der Waals surface area (Å²) in [7, 11) is 0. The molecular formula is C10H12BrN3. The highest BCUT2D eigenvalue weighted by Crippen LogP contribution is 2.23. The van der Waals surface area contributed by atoms with Crippen LogP contribution in [0.5, 0.6) is 0 Å². The van der Waals surface area contributed by atoms with Crippen molar-refractivity contribution in [1.82, 2.24) is 9.78 Å². The van der Waals surface area contributed by atoms with Crippen LogP contribution in [0.15, 0.2) is 28.9 Å². The van der Waals surface area contributed by atoms with Gasteiger partial charge in [0.1, 0.15) is 0 Å². The molecule has 2 aromatic rings. The number of rotatable bonds is 2. The second-order valence-corrected chi connectivity index (χ2v) is 4.33. The van der Waals surface area contributed by atoms with Gasteiger partial charge in [0.05, 0.1) is 18.3 Å². The first-order chi connectivity index (χ1) is 6.68. The molecule has 2 rings (SSSR count). The van der Waals surface area contributed by atoms with Gasteiger partial charge >= 0.3 is 0 Å². The first-order valence-corrected chi connectivity index (χ1v) is 5.33. The molecule has 0 aliphatic rings. The van der Waals surface area contributed by atoms with Crippen molar-refractivity contribution >= 4 is 26.8 Å². The molecule has 2 N–H and O–H groups in total. The third kappa shape index (κ3) is 1.67. The molecule has 74 valence electrons. The molecule has 1 heterocycles. The van der Waals surface area contributed by atoms with E-state index in [1.54, 1.807) is 0 Å². The van der Waals surface area contributed by atoms with Crippen LogP contribution >= 0.6 is 15.9 Å². The van der Waals surface area contributed by atoms with Crippen molar-refractivity contribution in [1.29, 1.82) is 0 Å². The molecule has 0 aliphatic heterocycles. The smallest absolute Gasteiger partial charge is 0.0694 e. The molecule has 1 aromatic carbocycles. The molecule has 1 atom stereocenters. The molecule has 4 heteroatoms. The van der Waals surface area contributed by atoms with E-state index in [0.29, 0.717) is 0 Å². The molecule has 0 spiro atoms. The zero-order valence-electron chi connectivity index (χ0n) is 7.94. The second-order valence-electron chi connectivity index (χ2n) is 3.48. The number of benzene rings is 1. The maximum Gasteiger partial charge on any atom is 0.0694 e. The predicted octanol–water partition coefficient (Wildman–Crippen LogP) is 2.15. The van der Waals surface area contributed by atoms with E-state index in [4.69, 9.17) is 5.73 Å². The quantitative estimate of drug-likeness (QED) is 0.892. The van der Waals surface area contributed by atoms with Crippen LogP contribution in [0.25, 0.3) is 10.9 Å². The molecule has 14 heavy (non-hydrogen) atoms. The van der Waals surface area contributed by atoms with E-state index in [1.807, 2.05) is 29.9 Å². The zero-order chi connectivity index (χ0) is 10.1. The Balaban J connectivity index is 2.52. The fourth-order valence-electron chi connectivity index (χ4n) is 1.49. The maximum atomic E-state index is 5.74. The first kappa shape index (κ1) is 9.68. The van der Waals surface area contributed by atoms with Crippen LogP contribution in [0.1, 0.15) is 6.92 Å². The zero-order valence-corrected chi connectivity index (χ0v) is 9.53. The fraction of sp³-hybridized carbons (Fsp3) is 0.300. The fourth-order valence-corrected chi connectivity index (χ4v) is 1.94. The van der Waals surface area contributed by atoms with Gasteiger partial charge in [0.15, 0.2) is 0 Å². The summed E-state index contributed by atoms with van der Waals surface area (Å²) in [5.74, 6) is 0. The summed E-state index contributed by atoms with van der Waals surface area (Å²) in [4.78, 5) is 0. The molecule has 3 nitrogen and oxygen atoms in total. The van der Waals surface area contributed by atoms with Gasteiger partial charge in [0.25, 0.3) is 0 Å². The van der Waals surface area contributed by atoms with Crippen molar-refractivity contribution in [3.8, 4) is 0 Å². The molecule has 0 aliphatic carbocycles. The number of halogens is 1. The summed E-state index contributed by atoms with van der Waals surface area (Å²) in [6, 6.07) is 6.19. The molecule has 1 aromatic heterocycles. The third-order valence-electron chi connectivity index (χ3n) is 2.10. The van der Waals surface area contributed by atoms with Crippen LogP contribution in [0.4, 0.5) is 0 Å². The minimum Gasteiger partial charge on any atom is -0.326 e. The van der Waals surface area contributed by atoms with Crippen LogP contribution in [0, 0.1) is 0 Å². The Bertz CT molecular complexity index is 448. The number of hydrogen-bond donors (Lipinski definition) is 1. The maximum absolute atomic E-state index is 5.74. The summed E-state index contributed by atoms with van der Waals surface area (Å²) in [6.45, 7) is 2.73. The SMILES string of the molecule is CC(N)Cn1ncc2c(Br)cccc21. The standard InChI is InChI=1S/C10H12BrN3/c1-7(12)6-14-10-4-2-3-9(11)8(10)5-13-14/h2-5,7H,6,12H2,1H3. The Morgan fingerprint density at radius 1 is 1.57 bits per heavy atom. The second kappa shape index (κ2) is 3.71. The van der Waals surface area contributed by atoms with E-state index in [-0.39, 0.29) is 6.04 Å². The summed E-state index contributed by atoms with van der Waals surface area (Å²) in [5, 5.41) is 5.44. The number of fused-ring (bicyclic) bond motifs is 1. The van der Waals surface area contributed by atoms with Crippen LogP contribution in [-0.4, -0.2) is 15.8 Å². The van der Waals surface area contributed by atoms with Gasteiger partial charge in [-0.3, -0.25) is 4.68 Å². The molecule has 0 amide bonds. The van der Waals surface area contributed by atoms with Gasteiger partial charge in [-0.1, -0.05) is 22.0 Å². The van der Waals surface area contributed by atoms with Crippen molar-refractivity contribution in [2.24, 2.45) is 5.73 Å². The average molecular weight is 254 g/mol. The van der Waals surface area contributed by atoms with Gasteiger partial charge in [0, 0.05) is 15.9 Å². The Hall–Kier alpha value is -0.870. The average Bonchev–Trinajstić information content (AvgIpc) is 2.49. The Kier molecular flexibility index (Phi) is 2.56. The monoisotopic (exact) mass is 253 g/mol. The van der Waals surface area contributed by atoms with E-state index in [2.05, 4.69) is 27.1 Å². The predicted molar refractivity (Wildman–Crippen MR) is 61.1 cm³/mol. The molecule has 0 bridgehead atoms. The number of aromatic nitrogens is 2. The highest BCUT2D eigenvalue weighted by atomic mass is 79.9. The lowest BCUT2D eigenvalue weighted by Gasteiger charge is -2.06. The van der Waals surface area contributed by atoms with Crippen LogP contribution in [0.3, 0.4) is 0 Å². The van der Waals surface area contributed by atoms with Gasteiger partial charge in [-0.15, -0.1) is 0 Å². The number of nitrogens with two attached hydrogens (primary N) is 1. The summed E-state index contributed by atoms with van der Waals surface area (Å²) in [6.07, 6.45) is 1.86. The number of hydrogen-bond acceptors (Lipinski definition) is 2. The van der Waals surface area contributed by atoms with E-state index in [0.717, 1.165) is 21.9 Å². The topological polar surface area (TPSA) is 43.8 Å². The summed E-state index contributed by atoms with van der Waals surface area (Å²) >= 11 is 3.49. The van der Waals surface area contributed by atoms with E-state index < -0.39 is 0 Å². The summed E-state index contributed by atoms with van der Waals surface area (Å²) in [5.41, 5.74) is 6.86. The molecule has 0 saturated heterocycles. The largest absolute Gasteiger partial charge is 0.326 e. The number of nitrogens with zero attached hydrogens (tertiary/aromatic N) is 2. The molecular weight excluding hydrogens is 242 g/mol. The van der Waals surface area contributed by atoms with Crippen LogP contribution in [-0.2, 0) is 6.54 Å². The Labute approximate surface area is 91.0 Å². The lowest BCUT2D eigenvalue weighted by molar-refractivity contribution is 0.553. The van der Waals surface area contributed by atoms with Crippen LogP contribution in [0.2, 0.25) is 0 Å². The molecule has 0 radical (unpaired) electrons. The Morgan fingerprint density at radius 3 is 3.07 bits per heavy atom. The molecule has 1 unspecified atom stereocenters. The normalized spacial score (nSPS) is 13.4. The van der Waals surface area contributed by atoms with E-state index in [1.165, 1.54) is 0 Å². The van der Waals surface area contributed by atoms with Gasteiger partial charge in [-0.05, 0) is 19.1 Å². The van der Waals surface area contributed by atoms with Crippen molar-refractivity contribution in [2.45, 2.75) is 19.5 Å². The Morgan fingerprint density at radius 2 is 2.36 bits per heavy atom.